The number of aromatic nitrogens is 3. The van der Waals surface area contributed by atoms with Gasteiger partial charge in [-0.2, -0.15) is 5.10 Å². The van der Waals surface area contributed by atoms with Crippen molar-refractivity contribution in [3.63, 3.8) is 0 Å². The molecule has 0 aliphatic rings. The molecule has 0 aromatic carbocycles. The van der Waals surface area contributed by atoms with Crippen LogP contribution in [-0.2, 0) is 19.4 Å². The minimum atomic E-state index is 0.347. The van der Waals surface area contributed by atoms with E-state index in [2.05, 4.69) is 47.6 Å². The Labute approximate surface area is 125 Å². The lowest BCUT2D eigenvalue weighted by Gasteiger charge is -2.18. The molecule has 0 fully saturated rings. The van der Waals surface area contributed by atoms with Gasteiger partial charge in [0.05, 0.1) is 0 Å². The largest absolute Gasteiger partial charge is 0.309 e. The van der Waals surface area contributed by atoms with Crippen LogP contribution in [-0.4, -0.2) is 21.3 Å². The summed E-state index contributed by atoms with van der Waals surface area (Å²) < 4.78 is 1.99. The maximum atomic E-state index is 4.42. The van der Waals surface area contributed by atoms with Gasteiger partial charge in [-0.25, -0.2) is 4.98 Å². The summed E-state index contributed by atoms with van der Waals surface area (Å²) in [5.41, 5.74) is 1.45. The third kappa shape index (κ3) is 3.46. The van der Waals surface area contributed by atoms with Crippen molar-refractivity contribution in [3.05, 3.63) is 34.0 Å². The fourth-order valence-electron chi connectivity index (χ4n) is 2.41. The first-order chi connectivity index (χ1) is 9.80. The molecule has 4 nitrogen and oxygen atoms in total. The van der Waals surface area contributed by atoms with Crippen molar-refractivity contribution in [2.45, 2.75) is 52.6 Å². The minimum absolute atomic E-state index is 0.347. The van der Waals surface area contributed by atoms with Crippen LogP contribution in [0.4, 0.5) is 0 Å². The van der Waals surface area contributed by atoms with Crippen molar-refractivity contribution in [3.8, 4) is 0 Å². The van der Waals surface area contributed by atoms with Crippen LogP contribution >= 0.6 is 11.3 Å². The monoisotopic (exact) mass is 292 g/mol. The molecule has 20 heavy (non-hydrogen) atoms. The lowest BCUT2D eigenvalue weighted by molar-refractivity contribution is 0.500. The van der Waals surface area contributed by atoms with E-state index in [4.69, 9.17) is 0 Å². The van der Waals surface area contributed by atoms with Crippen LogP contribution in [0, 0.1) is 0 Å². The zero-order chi connectivity index (χ0) is 14.4. The van der Waals surface area contributed by atoms with Crippen LogP contribution in [0.5, 0.6) is 0 Å². The first-order valence-corrected chi connectivity index (χ1v) is 8.34. The fourth-order valence-corrected chi connectivity index (χ4v) is 3.49. The quantitative estimate of drug-likeness (QED) is 0.812. The molecule has 0 aliphatic carbocycles. The van der Waals surface area contributed by atoms with Crippen LogP contribution < -0.4 is 5.32 Å². The molecule has 0 saturated carbocycles. The van der Waals surface area contributed by atoms with Crippen LogP contribution in [0.3, 0.4) is 0 Å². The highest BCUT2D eigenvalue weighted by Gasteiger charge is 2.18. The van der Waals surface area contributed by atoms with E-state index in [-0.39, 0.29) is 0 Å². The van der Waals surface area contributed by atoms with Gasteiger partial charge in [-0.05, 0) is 43.3 Å². The number of hydrogen-bond donors (Lipinski definition) is 1. The van der Waals surface area contributed by atoms with Crippen LogP contribution in [0.1, 0.15) is 49.5 Å². The Balaban J connectivity index is 2.19. The minimum Gasteiger partial charge on any atom is -0.309 e. The van der Waals surface area contributed by atoms with E-state index in [1.54, 1.807) is 6.33 Å². The molecule has 1 atom stereocenters. The Morgan fingerprint density at radius 1 is 1.35 bits per heavy atom. The van der Waals surface area contributed by atoms with E-state index >= 15 is 0 Å². The molecule has 2 rings (SSSR count). The second-order valence-corrected chi connectivity index (χ2v) is 5.81. The number of nitrogens with zero attached hydrogens (tertiary/aromatic N) is 3. The normalized spacial score (nSPS) is 12.8. The topological polar surface area (TPSA) is 42.7 Å². The molecule has 2 aromatic heterocycles. The number of rotatable bonds is 8. The summed E-state index contributed by atoms with van der Waals surface area (Å²) in [5.74, 6) is 1.07. The zero-order valence-electron chi connectivity index (χ0n) is 12.6. The van der Waals surface area contributed by atoms with Gasteiger partial charge in [0.1, 0.15) is 12.2 Å². The number of aryl methyl sites for hydroxylation is 2. The van der Waals surface area contributed by atoms with Crippen LogP contribution in [0.25, 0.3) is 0 Å². The van der Waals surface area contributed by atoms with Crippen molar-refractivity contribution >= 4 is 11.3 Å². The summed E-state index contributed by atoms with van der Waals surface area (Å²) in [6, 6.07) is 2.59. The van der Waals surface area contributed by atoms with Crippen molar-refractivity contribution in [1.82, 2.24) is 20.1 Å². The van der Waals surface area contributed by atoms with Gasteiger partial charge >= 0.3 is 0 Å². The van der Waals surface area contributed by atoms with Gasteiger partial charge in [0, 0.05) is 23.9 Å². The van der Waals surface area contributed by atoms with E-state index in [9.17, 15) is 0 Å². The Morgan fingerprint density at radius 2 is 2.20 bits per heavy atom. The molecule has 2 aromatic rings. The van der Waals surface area contributed by atoms with E-state index in [0.717, 1.165) is 38.2 Å². The molecule has 110 valence electrons. The smallest absolute Gasteiger partial charge is 0.138 e. The third-order valence-electron chi connectivity index (χ3n) is 3.50. The van der Waals surface area contributed by atoms with E-state index in [0.29, 0.717) is 6.04 Å². The molecule has 0 amide bonds. The molecule has 0 radical (unpaired) electrons. The van der Waals surface area contributed by atoms with E-state index in [1.807, 2.05) is 16.0 Å². The molecule has 1 unspecified atom stereocenters. The Morgan fingerprint density at radius 3 is 2.90 bits per heavy atom. The van der Waals surface area contributed by atoms with Gasteiger partial charge in [-0.3, -0.25) is 4.68 Å². The molecule has 0 spiro atoms. The summed E-state index contributed by atoms with van der Waals surface area (Å²) in [6.45, 7) is 8.44. The van der Waals surface area contributed by atoms with E-state index in [1.165, 1.54) is 10.4 Å². The first kappa shape index (κ1) is 15.2. The molecular formula is C15H24N4S. The van der Waals surface area contributed by atoms with Crippen molar-refractivity contribution < 1.29 is 0 Å². The van der Waals surface area contributed by atoms with Gasteiger partial charge in [0.2, 0.25) is 0 Å². The Bertz CT molecular complexity index is 517. The molecule has 0 saturated heterocycles. The average molecular weight is 292 g/mol. The fraction of sp³-hybridized carbons (Fsp3) is 0.600. The molecular weight excluding hydrogens is 268 g/mol. The number of nitrogens with one attached hydrogen (secondary N) is 1. The molecule has 1 N–H and O–H groups in total. The van der Waals surface area contributed by atoms with Gasteiger partial charge < -0.3 is 5.32 Å². The SMILES string of the molecule is CCCNC(Cc1ncnn1CC)c1sccc1CC. The molecule has 2 heterocycles. The van der Waals surface area contributed by atoms with Crippen LogP contribution in [0.15, 0.2) is 17.8 Å². The van der Waals surface area contributed by atoms with Crippen molar-refractivity contribution in [2.24, 2.45) is 0 Å². The van der Waals surface area contributed by atoms with Crippen molar-refractivity contribution in [1.29, 1.82) is 0 Å². The maximum Gasteiger partial charge on any atom is 0.138 e. The highest BCUT2D eigenvalue weighted by Crippen LogP contribution is 2.27. The summed E-state index contributed by atoms with van der Waals surface area (Å²) in [5, 5.41) is 10.1. The number of thiophene rings is 1. The predicted octanol–water partition coefficient (Wildman–Crippen LogP) is 3.21. The van der Waals surface area contributed by atoms with Gasteiger partial charge in [-0.1, -0.05) is 13.8 Å². The van der Waals surface area contributed by atoms with Crippen LogP contribution in [0.2, 0.25) is 0 Å². The maximum absolute atomic E-state index is 4.42. The predicted molar refractivity (Wildman–Crippen MR) is 84.1 cm³/mol. The summed E-state index contributed by atoms with van der Waals surface area (Å²) in [4.78, 5) is 5.87. The second-order valence-electron chi connectivity index (χ2n) is 4.87. The van der Waals surface area contributed by atoms with Gasteiger partial charge in [-0.15, -0.1) is 11.3 Å². The average Bonchev–Trinajstić information content (AvgIpc) is 3.11. The number of hydrogen-bond acceptors (Lipinski definition) is 4. The lowest BCUT2D eigenvalue weighted by atomic mass is 10.1. The standard InChI is InChI=1S/C15H24N4S/c1-4-8-16-13(15-12(5-2)7-9-20-15)10-14-17-11-18-19(14)6-3/h7,9,11,13,16H,4-6,8,10H2,1-3H3. The third-order valence-corrected chi connectivity index (χ3v) is 4.57. The molecule has 0 bridgehead atoms. The van der Waals surface area contributed by atoms with Crippen molar-refractivity contribution in [2.75, 3.05) is 6.54 Å². The Kier molecular flexibility index (Phi) is 5.73. The summed E-state index contributed by atoms with van der Waals surface area (Å²) in [7, 11) is 0. The zero-order valence-corrected chi connectivity index (χ0v) is 13.4. The first-order valence-electron chi connectivity index (χ1n) is 7.46. The summed E-state index contributed by atoms with van der Waals surface area (Å²) >= 11 is 1.85. The van der Waals surface area contributed by atoms with E-state index < -0.39 is 0 Å². The summed E-state index contributed by atoms with van der Waals surface area (Å²) in [6.07, 6.45) is 4.79. The second kappa shape index (κ2) is 7.55. The van der Waals surface area contributed by atoms with Gasteiger partial charge in [0.15, 0.2) is 0 Å². The molecule has 5 heteroatoms. The molecule has 0 aliphatic heterocycles. The Hall–Kier alpha value is -1.20. The van der Waals surface area contributed by atoms with Gasteiger partial charge in [0.25, 0.3) is 0 Å². The lowest BCUT2D eigenvalue weighted by Crippen LogP contribution is -2.25. The highest BCUT2D eigenvalue weighted by molar-refractivity contribution is 7.10. The highest BCUT2D eigenvalue weighted by atomic mass is 32.1.